The van der Waals surface area contributed by atoms with E-state index in [1.54, 1.807) is 6.08 Å². The van der Waals surface area contributed by atoms with Gasteiger partial charge < -0.3 is 9.84 Å². The molecule has 0 aromatic heterocycles. The average Bonchev–Trinajstić information content (AvgIpc) is 2.28. The predicted octanol–water partition coefficient (Wildman–Crippen LogP) is 1.63. The first kappa shape index (κ1) is 11.5. The molecule has 0 aliphatic carbocycles. The van der Waals surface area contributed by atoms with Crippen molar-refractivity contribution in [3.63, 3.8) is 0 Å². The second kappa shape index (κ2) is 6.79. The molecule has 0 saturated carbocycles. The normalized spacial score (nSPS) is 10.5. The summed E-state index contributed by atoms with van der Waals surface area (Å²) >= 11 is 0. The van der Waals surface area contributed by atoms with E-state index in [9.17, 15) is 4.79 Å². The number of carbonyl (C=O) groups excluding carboxylic acids is 1. The summed E-state index contributed by atoms with van der Waals surface area (Å²) in [5.74, 6) is -0.382. The molecule has 1 aromatic rings. The number of aliphatic hydroxyl groups is 1. The highest BCUT2D eigenvalue weighted by Crippen LogP contribution is 2.01. The third-order valence-electron chi connectivity index (χ3n) is 1.76. The standard InChI is InChI=1S/C12H14O3/c13-9-4-10-15-12(14)8-7-11-5-2-1-3-6-11/h1-3,5-8,13H,4,9-10H2. The van der Waals surface area contributed by atoms with Crippen LogP contribution in [-0.2, 0) is 9.53 Å². The summed E-state index contributed by atoms with van der Waals surface area (Å²) < 4.78 is 4.82. The highest BCUT2D eigenvalue weighted by Gasteiger charge is 1.95. The van der Waals surface area contributed by atoms with Crippen LogP contribution in [0.3, 0.4) is 0 Å². The molecule has 0 heterocycles. The maximum Gasteiger partial charge on any atom is 0.330 e. The number of rotatable bonds is 5. The van der Waals surface area contributed by atoms with Gasteiger partial charge in [0.25, 0.3) is 0 Å². The van der Waals surface area contributed by atoms with Gasteiger partial charge in [0.05, 0.1) is 6.61 Å². The zero-order valence-corrected chi connectivity index (χ0v) is 8.43. The monoisotopic (exact) mass is 206 g/mol. The van der Waals surface area contributed by atoms with Gasteiger partial charge >= 0.3 is 5.97 Å². The smallest absolute Gasteiger partial charge is 0.330 e. The van der Waals surface area contributed by atoms with Gasteiger partial charge in [-0.05, 0) is 11.6 Å². The second-order valence-electron chi connectivity index (χ2n) is 2.99. The lowest BCUT2D eigenvalue weighted by molar-refractivity contribution is -0.137. The van der Waals surface area contributed by atoms with Crippen LogP contribution in [0.15, 0.2) is 36.4 Å². The van der Waals surface area contributed by atoms with Gasteiger partial charge in [0, 0.05) is 19.1 Å². The second-order valence-corrected chi connectivity index (χ2v) is 2.99. The Morgan fingerprint density at radius 1 is 1.33 bits per heavy atom. The molecule has 0 aliphatic rings. The first-order valence-corrected chi connectivity index (χ1v) is 4.83. The zero-order valence-electron chi connectivity index (χ0n) is 8.43. The molecule has 80 valence electrons. The van der Waals surface area contributed by atoms with Crippen molar-refractivity contribution >= 4 is 12.0 Å². The molecule has 1 rings (SSSR count). The highest BCUT2D eigenvalue weighted by atomic mass is 16.5. The maximum absolute atomic E-state index is 11.1. The van der Waals surface area contributed by atoms with Gasteiger partial charge in [-0.2, -0.15) is 0 Å². The van der Waals surface area contributed by atoms with Gasteiger partial charge in [-0.15, -0.1) is 0 Å². The fourth-order valence-corrected chi connectivity index (χ4v) is 1.01. The molecule has 3 heteroatoms. The number of carbonyl (C=O) groups is 1. The fourth-order valence-electron chi connectivity index (χ4n) is 1.01. The van der Waals surface area contributed by atoms with Crippen molar-refractivity contribution in [3.8, 4) is 0 Å². The number of hydrogen-bond acceptors (Lipinski definition) is 3. The van der Waals surface area contributed by atoms with E-state index >= 15 is 0 Å². The average molecular weight is 206 g/mol. The molecule has 0 amide bonds. The van der Waals surface area contributed by atoms with E-state index in [4.69, 9.17) is 9.84 Å². The van der Waals surface area contributed by atoms with Crippen molar-refractivity contribution in [2.24, 2.45) is 0 Å². The summed E-state index contributed by atoms with van der Waals surface area (Å²) in [7, 11) is 0. The molecule has 0 radical (unpaired) electrons. The van der Waals surface area contributed by atoms with Crippen LogP contribution >= 0.6 is 0 Å². The summed E-state index contributed by atoms with van der Waals surface area (Å²) in [6, 6.07) is 9.51. The molecule has 15 heavy (non-hydrogen) atoms. The molecule has 1 N–H and O–H groups in total. The van der Waals surface area contributed by atoms with Crippen molar-refractivity contribution < 1.29 is 14.6 Å². The van der Waals surface area contributed by atoms with Gasteiger partial charge in [0.15, 0.2) is 0 Å². The lowest BCUT2D eigenvalue weighted by atomic mass is 10.2. The SMILES string of the molecule is O=C(C=Cc1ccccc1)OCCCO. The first-order chi connectivity index (χ1) is 7.33. The van der Waals surface area contributed by atoms with E-state index in [1.165, 1.54) is 6.08 Å². The minimum absolute atomic E-state index is 0.0374. The van der Waals surface area contributed by atoms with Crippen LogP contribution in [0, 0.1) is 0 Å². The van der Waals surface area contributed by atoms with Crippen LogP contribution in [0.25, 0.3) is 6.08 Å². The van der Waals surface area contributed by atoms with Gasteiger partial charge in [-0.3, -0.25) is 0 Å². The minimum atomic E-state index is -0.382. The van der Waals surface area contributed by atoms with Gasteiger partial charge in [0.1, 0.15) is 0 Å². The van der Waals surface area contributed by atoms with Crippen LogP contribution in [-0.4, -0.2) is 24.3 Å². The van der Waals surface area contributed by atoms with Crippen LogP contribution in [0.2, 0.25) is 0 Å². The Morgan fingerprint density at radius 3 is 2.73 bits per heavy atom. The Kier molecular flexibility index (Phi) is 5.19. The molecular formula is C12H14O3. The Hall–Kier alpha value is -1.61. The lowest BCUT2D eigenvalue weighted by Crippen LogP contribution is -2.03. The molecule has 0 spiro atoms. The molecule has 0 saturated heterocycles. The number of esters is 1. The quantitative estimate of drug-likeness (QED) is 0.452. The molecule has 0 atom stereocenters. The third kappa shape index (κ3) is 4.98. The molecule has 0 fully saturated rings. The number of hydrogen-bond donors (Lipinski definition) is 1. The number of benzene rings is 1. The van der Waals surface area contributed by atoms with E-state index in [-0.39, 0.29) is 19.2 Å². The van der Waals surface area contributed by atoms with Crippen molar-refractivity contribution in [1.29, 1.82) is 0 Å². The summed E-state index contributed by atoms with van der Waals surface area (Å²) in [4.78, 5) is 11.1. The number of aliphatic hydroxyl groups excluding tert-OH is 1. The Labute approximate surface area is 89.0 Å². The van der Waals surface area contributed by atoms with E-state index in [2.05, 4.69) is 0 Å². The van der Waals surface area contributed by atoms with Crippen molar-refractivity contribution in [1.82, 2.24) is 0 Å². The van der Waals surface area contributed by atoms with Crippen LogP contribution < -0.4 is 0 Å². The Bertz CT molecular complexity index is 317. The fraction of sp³-hybridized carbons (Fsp3) is 0.250. The van der Waals surface area contributed by atoms with Crippen molar-refractivity contribution in [2.45, 2.75) is 6.42 Å². The van der Waals surface area contributed by atoms with Crippen molar-refractivity contribution in [3.05, 3.63) is 42.0 Å². The maximum atomic E-state index is 11.1. The van der Waals surface area contributed by atoms with Crippen LogP contribution in [0.1, 0.15) is 12.0 Å². The summed E-state index contributed by atoms with van der Waals surface area (Å²) in [5, 5.41) is 8.48. The van der Waals surface area contributed by atoms with E-state index in [1.807, 2.05) is 30.3 Å². The topological polar surface area (TPSA) is 46.5 Å². The van der Waals surface area contributed by atoms with Crippen LogP contribution in [0.5, 0.6) is 0 Å². The Morgan fingerprint density at radius 2 is 2.07 bits per heavy atom. The number of ether oxygens (including phenoxy) is 1. The molecule has 1 aromatic carbocycles. The zero-order chi connectivity index (χ0) is 10.9. The van der Waals surface area contributed by atoms with E-state index < -0.39 is 0 Å². The van der Waals surface area contributed by atoms with Crippen molar-refractivity contribution in [2.75, 3.05) is 13.2 Å². The molecule has 3 nitrogen and oxygen atoms in total. The van der Waals surface area contributed by atoms with E-state index in [0.717, 1.165) is 5.56 Å². The predicted molar refractivity (Wildman–Crippen MR) is 58.1 cm³/mol. The third-order valence-corrected chi connectivity index (χ3v) is 1.76. The summed E-state index contributed by atoms with van der Waals surface area (Å²) in [6.45, 7) is 0.296. The Balaban J connectivity index is 2.34. The lowest BCUT2D eigenvalue weighted by Gasteiger charge is -1.98. The van der Waals surface area contributed by atoms with Gasteiger partial charge in [-0.25, -0.2) is 4.79 Å². The van der Waals surface area contributed by atoms with Crippen LogP contribution in [0.4, 0.5) is 0 Å². The van der Waals surface area contributed by atoms with Gasteiger partial charge in [-0.1, -0.05) is 30.3 Å². The van der Waals surface area contributed by atoms with Gasteiger partial charge in [0.2, 0.25) is 0 Å². The molecule has 0 aliphatic heterocycles. The minimum Gasteiger partial charge on any atom is -0.462 e. The molecule has 0 unspecified atom stereocenters. The molecule has 0 bridgehead atoms. The van der Waals surface area contributed by atoms with E-state index in [0.29, 0.717) is 6.42 Å². The molecular weight excluding hydrogens is 192 g/mol. The first-order valence-electron chi connectivity index (χ1n) is 4.83. The highest BCUT2D eigenvalue weighted by molar-refractivity contribution is 5.86. The summed E-state index contributed by atoms with van der Waals surface area (Å²) in [6.07, 6.45) is 3.55. The summed E-state index contributed by atoms with van der Waals surface area (Å²) in [5.41, 5.74) is 0.955. The largest absolute Gasteiger partial charge is 0.462 e.